The Kier molecular flexibility index (Phi) is 5.67. The fourth-order valence-electron chi connectivity index (χ4n) is 2.97. The molecule has 3 aromatic rings. The van der Waals surface area contributed by atoms with E-state index in [4.69, 9.17) is 11.6 Å². The van der Waals surface area contributed by atoms with E-state index in [0.29, 0.717) is 22.1 Å². The van der Waals surface area contributed by atoms with Crippen molar-refractivity contribution in [2.75, 3.05) is 5.32 Å². The first-order chi connectivity index (χ1) is 13.7. The largest absolute Gasteiger partial charge is 0.322 e. The minimum atomic E-state index is -0.772. The molecule has 0 saturated heterocycles. The van der Waals surface area contributed by atoms with Crippen molar-refractivity contribution < 1.29 is 4.79 Å². The maximum Gasteiger partial charge on any atom is 0.255 e. The molecule has 0 fully saturated rings. The molecule has 0 aliphatic heterocycles. The Morgan fingerprint density at radius 3 is 2.59 bits per heavy atom. The summed E-state index contributed by atoms with van der Waals surface area (Å²) in [5, 5.41) is 12.7. The molecular weight excluding hydrogens is 384 g/mol. The molecule has 1 aromatic carbocycles. The van der Waals surface area contributed by atoms with Crippen LogP contribution in [0.1, 0.15) is 41.2 Å². The number of pyridine rings is 2. The molecule has 0 aliphatic carbocycles. The number of anilines is 1. The molecule has 2 aromatic heterocycles. The SMILES string of the molecule is Cc1cc(-c2cc(NC(=O)c3ccnc(C(C)(C)C#N)c3)ccc2C)cc(Cl)n1. The van der Waals surface area contributed by atoms with Gasteiger partial charge in [0.1, 0.15) is 5.15 Å². The van der Waals surface area contributed by atoms with Gasteiger partial charge in [-0.1, -0.05) is 17.7 Å². The first-order valence-electron chi connectivity index (χ1n) is 9.14. The van der Waals surface area contributed by atoms with Gasteiger partial charge in [0.15, 0.2) is 0 Å². The van der Waals surface area contributed by atoms with Gasteiger partial charge in [0.05, 0.1) is 17.2 Å². The van der Waals surface area contributed by atoms with E-state index in [2.05, 4.69) is 21.4 Å². The van der Waals surface area contributed by atoms with Gasteiger partial charge in [0, 0.05) is 23.1 Å². The van der Waals surface area contributed by atoms with Gasteiger partial charge in [-0.3, -0.25) is 9.78 Å². The number of amides is 1. The first kappa shape index (κ1) is 20.5. The summed E-state index contributed by atoms with van der Waals surface area (Å²) in [7, 11) is 0. The molecule has 29 heavy (non-hydrogen) atoms. The van der Waals surface area contributed by atoms with Crippen LogP contribution in [0.5, 0.6) is 0 Å². The number of rotatable bonds is 4. The molecule has 0 unspecified atom stereocenters. The van der Waals surface area contributed by atoms with Gasteiger partial charge in [-0.15, -0.1) is 0 Å². The summed E-state index contributed by atoms with van der Waals surface area (Å²) in [4.78, 5) is 21.2. The van der Waals surface area contributed by atoms with Gasteiger partial charge in [-0.05, 0) is 80.8 Å². The molecule has 0 spiro atoms. The molecule has 0 bridgehead atoms. The maximum absolute atomic E-state index is 12.8. The quantitative estimate of drug-likeness (QED) is 0.585. The van der Waals surface area contributed by atoms with Crippen LogP contribution in [0, 0.1) is 25.2 Å². The molecule has 2 heterocycles. The second kappa shape index (κ2) is 8.02. The topological polar surface area (TPSA) is 78.7 Å². The van der Waals surface area contributed by atoms with Crippen LogP contribution in [0.25, 0.3) is 11.1 Å². The number of halogens is 1. The van der Waals surface area contributed by atoms with Crippen molar-refractivity contribution in [1.29, 1.82) is 5.26 Å². The monoisotopic (exact) mass is 404 g/mol. The van der Waals surface area contributed by atoms with Gasteiger partial charge in [-0.2, -0.15) is 5.26 Å². The number of nitriles is 1. The van der Waals surface area contributed by atoms with Gasteiger partial charge < -0.3 is 5.32 Å². The van der Waals surface area contributed by atoms with Crippen molar-refractivity contribution in [2.24, 2.45) is 0 Å². The third kappa shape index (κ3) is 4.61. The molecule has 3 rings (SSSR count). The van der Waals surface area contributed by atoms with E-state index in [-0.39, 0.29) is 5.91 Å². The summed E-state index contributed by atoms with van der Waals surface area (Å²) >= 11 is 6.11. The summed E-state index contributed by atoms with van der Waals surface area (Å²) in [6, 6.07) is 15.0. The number of nitrogens with one attached hydrogen (secondary N) is 1. The summed E-state index contributed by atoms with van der Waals surface area (Å²) in [5.41, 5.74) is 4.69. The Balaban J connectivity index is 1.91. The van der Waals surface area contributed by atoms with E-state index in [9.17, 15) is 10.1 Å². The molecule has 0 radical (unpaired) electrons. The van der Waals surface area contributed by atoms with E-state index in [1.807, 2.05) is 44.2 Å². The third-order valence-corrected chi connectivity index (χ3v) is 4.86. The van der Waals surface area contributed by atoms with E-state index in [0.717, 1.165) is 22.4 Å². The minimum Gasteiger partial charge on any atom is -0.322 e. The molecule has 0 aliphatic rings. The first-order valence-corrected chi connectivity index (χ1v) is 9.52. The molecule has 5 nitrogen and oxygen atoms in total. The van der Waals surface area contributed by atoms with Crippen LogP contribution in [-0.2, 0) is 5.41 Å². The van der Waals surface area contributed by atoms with E-state index in [1.54, 1.807) is 32.2 Å². The number of aryl methyl sites for hydroxylation is 2. The van der Waals surface area contributed by atoms with Gasteiger partial charge in [0.2, 0.25) is 0 Å². The van der Waals surface area contributed by atoms with Crippen molar-refractivity contribution in [1.82, 2.24) is 9.97 Å². The van der Waals surface area contributed by atoms with Crippen molar-refractivity contribution in [3.63, 3.8) is 0 Å². The second-order valence-corrected chi connectivity index (χ2v) is 7.86. The van der Waals surface area contributed by atoms with Crippen LogP contribution in [0.3, 0.4) is 0 Å². The highest BCUT2D eigenvalue weighted by atomic mass is 35.5. The Morgan fingerprint density at radius 1 is 1.14 bits per heavy atom. The molecule has 0 atom stereocenters. The van der Waals surface area contributed by atoms with Gasteiger partial charge in [0.25, 0.3) is 5.91 Å². The van der Waals surface area contributed by atoms with Crippen molar-refractivity contribution in [2.45, 2.75) is 33.1 Å². The normalized spacial score (nSPS) is 11.0. The third-order valence-electron chi connectivity index (χ3n) is 4.67. The van der Waals surface area contributed by atoms with E-state index < -0.39 is 5.41 Å². The highest BCUT2D eigenvalue weighted by molar-refractivity contribution is 6.29. The Morgan fingerprint density at radius 2 is 1.90 bits per heavy atom. The molecular formula is C23H21ClN4O. The van der Waals surface area contributed by atoms with Crippen LogP contribution >= 0.6 is 11.6 Å². The number of carbonyl (C=O) groups excluding carboxylic acids is 1. The lowest BCUT2D eigenvalue weighted by Gasteiger charge is -2.15. The fourth-order valence-corrected chi connectivity index (χ4v) is 3.22. The van der Waals surface area contributed by atoms with Crippen LogP contribution in [0.4, 0.5) is 5.69 Å². The predicted molar refractivity (Wildman–Crippen MR) is 115 cm³/mol. The van der Waals surface area contributed by atoms with Crippen molar-refractivity contribution >= 4 is 23.2 Å². The summed E-state index contributed by atoms with van der Waals surface area (Å²) < 4.78 is 0. The fraction of sp³-hybridized carbons (Fsp3) is 0.217. The average molecular weight is 405 g/mol. The molecule has 6 heteroatoms. The number of aromatic nitrogens is 2. The number of benzene rings is 1. The van der Waals surface area contributed by atoms with E-state index >= 15 is 0 Å². The number of hydrogen-bond acceptors (Lipinski definition) is 4. The lowest BCUT2D eigenvalue weighted by molar-refractivity contribution is 0.102. The highest BCUT2D eigenvalue weighted by Crippen LogP contribution is 2.29. The van der Waals surface area contributed by atoms with Gasteiger partial charge in [-0.25, -0.2) is 4.98 Å². The maximum atomic E-state index is 12.8. The Bertz CT molecular complexity index is 1110. The van der Waals surface area contributed by atoms with Crippen LogP contribution < -0.4 is 5.32 Å². The highest BCUT2D eigenvalue weighted by Gasteiger charge is 2.22. The van der Waals surface area contributed by atoms with Crippen molar-refractivity contribution in [3.05, 3.63) is 76.3 Å². The zero-order valence-corrected chi connectivity index (χ0v) is 17.5. The number of hydrogen-bond donors (Lipinski definition) is 1. The molecule has 1 amide bonds. The number of carbonyl (C=O) groups is 1. The zero-order valence-electron chi connectivity index (χ0n) is 16.7. The van der Waals surface area contributed by atoms with Crippen LogP contribution in [-0.4, -0.2) is 15.9 Å². The summed E-state index contributed by atoms with van der Waals surface area (Å²) in [5.74, 6) is -0.263. The van der Waals surface area contributed by atoms with Crippen molar-refractivity contribution in [3.8, 4) is 17.2 Å². The second-order valence-electron chi connectivity index (χ2n) is 7.47. The van der Waals surface area contributed by atoms with Crippen LogP contribution in [0.2, 0.25) is 5.15 Å². The Hall–Kier alpha value is -3.23. The smallest absolute Gasteiger partial charge is 0.255 e. The molecule has 146 valence electrons. The zero-order chi connectivity index (χ0) is 21.2. The minimum absolute atomic E-state index is 0.263. The lowest BCUT2D eigenvalue weighted by Crippen LogP contribution is -2.18. The number of nitrogens with zero attached hydrogens (tertiary/aromatic N) is 3. The summed E-state index contributed by atoms with van der Waals surface area (Å²) in [6.45, 7) is 7.43. The predicted octanol–water partition coefficient (Wildman–Crippen LogP) is 5.47. The summed E-state index contributed by atoms with van der Waals surface area (Å²) in [6.07, 6.45) is 1.55. The average Bonchev–Trinajstić information content (AvgIpc) is 2.68. The van der Waals surface area contributed by atoms with E-state index in [1.165, 1.54) is 0 Å². The lowest BCUT2D eigenvalue weighted by atomic mass is 9.90. The molecule has 0 saturated carbocycles. The van der Waals surface area contributed by atoms with Gasteiger partial charge >= 0.3 is 0 Å². The Labute approximate surface area is 175 Å². The molecule has 1 N–H and O–H groups in total. The van der Waals surface area contributed by atoms with Crippen LogP contribution in [0.15, 0.2) is 48.7 Å². The standard InChI is InChI=1S/C23H21ClN4O/c1-14-5-6-18(12-19(14)17-9-15(2)27-21(24)11-17)28-22(29)16-7-8-26-20(10-16)23(3,4)13-25/h5-12H,1-4H3,(H,28,29).